The zero-order valence-electron chi connectivity index (χ0n) is 15.0. The molecule has 3 aliphatic rings. The molecule has 3 N–H and O–H groups in total. The number of carbonyl (C=O) groups excluding carboxylic acids is 2. The largest absolute Gasteiger partial charge is 0.449 e. The molecule has 0 spiro atoms. The third-order valence-electron chi connectivity index (χ3n) is 6.36. The number of nitrogens with zero attached hydrogens (tertiary/aromatic N) is 1. The molecule has 0 aromatic carbocycles. The van der Waals surface area contributed by atoms with E-state index in [4.69, 9.17) is 21.5 Å². The number of fused-ring (bicyclic) bond motifs is 2. The SMILES string of the molecule is O=C(Cc1csc(NC(=O)OCC23CC4CCCC(Cl)(C2)C(C4)C3)n1)NO. The molecule has 0 radical (unpaired) electrons. The van der Waals surface area contributed by atoms with Crippen molar-refractivity contribution in [3.05, 3.63) is 11.1 Å². The molecule has 4 unspecified atom stereocenters. The van der Waals surface area contributed by atoms with Crippen LogP contribution in [0.2, 0.25) is 0 Å². The number of hydrogen-bond acceptors (Lipinski definition) is 6. The first-order valence-electron chi connectivity index (χ1n) is 9.40. The number of carbonyl (C=O) groups is 2. The summed E-state index contributed by atoms with van der Waals surface area (Å²) in [5.74, 6) is 0.700. The zero-order chi connectivity index (χ0) is 19.1. The molecule has 1 aromatic rings. The van der Waals surface area contributed by atoms with E-state index in [9.17, 15) is 9.59 Å². The Morgan fingerprint density at radius 2 is 2.30 bits per heavy atom. The number of aromatic nitrogens is 1. The highest BCUT2D eigenvalue weighted by atomic mass is 35.5. The second kappa shape index (κ2) is 7.22. The predicted octanol–water partition coefficient (Wildman–Crippen LogP) is 3.71. The molecule has 3 bridgehead atoms. The van der Waals surface area contributed by atoms with Crippen molar-refractivity contribution >= 4 is 40.1 Å². The number of hydroxylamine groups is 1. The van der Waals surface area contributed by atoms with Gasteiger partial charge in [0, 0.05) is 15.7 Å². The van der Waals surface area contributed by atoms with Crippen LogP contribution in [-0.4, -0.2) is 33.7 Å². The Balaban J connectivity index is 1.33. The average molecular weight is 414 g/mol. The van der Waals surface area contributed by atoms with E-state index in [1.54, 1.807) is 10.9 Å². The van der Waals surface area contributed by atoms with Crippen LogP contribution in [0, 0.1) is 17.3 Å². The van der Waals surface area contributed by atoms with Gasteiger partial charge in [-0.15, -0.1) is 22.9 Å². The van der Waals surface area contributed by atoms with Crippen molar-refractivity contribution in [2.24, 2.45) is 17.3 Å². The number of rotatable bonds is 5. The first kappa shape index (κ1) is 19.0. The quantitative estimate of drug-likeness (QED) is 0.388. The summed E-state index contributed by atoms with van der Waals surface area (Å²) in [6.07, 6.45) is 7.26. The molecule has 148 valence electrons. The number of hydrogen-bond donors (Lipinski definition) is 3. The minimum Gasteiger partial charge on any atom is -0.449 e. The van der Waals surface area contributed by atoms with E-state index in [0.717, 1.165) is 25.7 Å². The molecule has 9 heteroatoms. The van der Waals surface area contributed by atoms with Crippen molar-refractivity contribution in [1.29, 1.82) is 0 Å². The van der Waals surface area contributed by atoms with Crippen LogP contribution in [0.1, 0.15) is 50.6 Å². The lowest BCUT2D eigenvalue weighted by Gasteiger charge is -2.37. The maximum absolute atomic E-state index is 12.2. The minimum atomic E-state index is -0.554. The first-order chi connectivity index (χ1) is 12.9. The Hall–Kier alpha value is -1.38. The highest BCUT2D eigenvalue weighted by Gasteiger charge is 2.58. The van der Waals surface area contributed by atoms with Crippen molar-refractivity contribution in [3.8, 4) is 0 Å². The molecule has 3 fully saturated rings. The van der Waals surface area contributed by atoms with Gasteiger partial charge in [0.2, 0.25) is 5.91 Å². The van der Waals surface area contributed by atoms with Crippen molar-refractivity contribution in [2.45, 2.75) is 56.2 Å². The maximum Gasteiger partial charge on any atom is 0.413 e. The van der Waals surface area contributed by atoms with E-state index < -0.39 is 12.0 Å². The Morgan fingerprint density at radius 1 is 1.44 bits per heavy atom. The summed E-state index contributed by atoms with van der Waals surface area (Å²) in [7, 11) is 0. The summed E-state index contributed by atoms with van der Waals surface area (Å²) in [5.41, 5.74) is 2.05. The van der Waals surface area contributed by atoms with Gasteiger partial charge < -0.3 is 4.74 Å². The standard InChI is InChI=1S/C18H24ClN3O4S/c19-18-3-1-2-11-4-12(18)7-17(6-11,9-18)10-26-16(24)21-15-20-13(8-27-15)5-14(23)22-25/h8,11-12,25H,1-7,9-10H2,(H,22,23)(H,20,21,24). The second-order valence-corrected chi connectivity index (χ2v) is 9.98. The monoisotopic (exact) mass is 413 g/mol. The lowest BCUT2D eigenvalue weighted by molar-refractivity contribution is -0.128. The predicted molar refractivity (Wildman–Crippen MR) is 101 cm³/mol. The van der Waals surface area contributed by atoms with Gasteiger partial charge in [-0.05, 0) is 43.9 Å². The van der Waals surface area contributed by atoms with E-state index in [2.05, 4.69) is 10.3 Å². The molecule has 4 atom stereocenters. The van der Waals surface area contributed by atoms with Gasteiger partial charge in [0.25, 0.3) is 0 Å². The van der Waals surface area contributed by atoms with E-state index in [1.807, 2.05) is 0 Å². The van der Waals surface area contributed by atoms with E-state index in [-0.39, 0.29) is 16.7 Å². The van der Waals surface area contributed by atoms with Crippen molar-refractivity contribution in [3.63, 3.8) is 0 Å². The third-order valence-corrected chi connectivity index (χ3v) is 7.80. The first-order valence-corrected chi connectivity index (χ1v) is 10.7. The Kier molecular flexibility index (Phi) is 5.07. The fourth-order valence-electron chi connectivity index (χ4n) is 5.45. The van der Waals surface area contributed by atoms with Crippen molar-refractivity contribution in [1.82, 2.24) is 10.5 Å². The molecule has 3 aliphatic carbocycles. The molecule has 4 rings (SSSR count). The zero-order valence-corrected chi connectivity index (χ0v) is 16.6. The molecule has 7 nitrogen and oxygen atoms in total. The Bertz CT molecular complexity index is 740. The van der Waals surface area contributed by atoms with Gasteiger partial charge >= 0.3 is 6.09 Å². The molecule has 1 heterocycles. The summed E-state index contributed by atoms with van der Waals surface area (Å²) in [6, 6.07) is 0. The number of amides is 2. The molecule has 2 amide bonds. The van der Waals surface area contributed by atoms with Crippen LogP contribution in [0.5, 0.6) is 0 Å². The fourth-order valence-corrected chi connectivity index (χ4v) is 6.73. The van der Waals surface area contributed by atoms with Gasteiger partial charge in [0.05, 0.1) is 18.7 Å². The number of ether oxygens (including phenoxy) is 1. The summed E-state index contributed by atoms with van der Waals surface area (Å²) < 4.78 is 5.57. The molecule has 27 heavy (non-hydrogen) atoms. The smallest absolute Gasteiger partial charge is 0.413 e. The van der Waals surface area contributed by atoms with Crippen molar-refractivity contribution < 1.29 is 19.5 Å². The minimum absolute atomic E-state index is 0.0142. The van der Waals surface area contributed by atoms with Gasteiger partial charge in [0.1, 0.15) is 0 Å². The molecule has 3 saturated carbocycles. The number of alkyl halides is 1. The number of thiazole rings is 1. The number of halogens is 1. The van der Waals surface area contributed by atoms with Crippen LogP contribution in [0.15, 0.2) is 5.38 Å². The molecular formula is C18H24ClN3O4S. The van der Waals surface area contributed by atoms with E-state index in [0.29, 0.717) is 29.3 Å². The Morgan fingerprint density at radius 3 is 3.11 bits per heavy atom. The van der Waals surface area contributed by atoms with Crippen LogP contribution in [0.3, 0.4) is 0 Å². The Labute approximate surface area is 166 Å². The lowest BCUT2D eigenvalue weighted by atomic mass is 9.70. The molecule has 0 aliphatic heterocycles. The van der Waals surface area contributed by atoms with Gasteiger partial charge in [0.15, 0.2) is 5.13 Å². The maximum atomic E-state index is 12.2. The number of anilines is 1. The normalized spacial score (nSPS) is 34.1. The molecule has 1 aromatic heterocycles. The summed E-state index contributed by atoms with van der Waals surface area (Å²) >= 11 is 8.19. The van der Waals surface area contributed by atoms with Gasteiger partial charge in [-0.3, -0.25) is 15.3 Å². The summed E-state index contributed by atoms with van der Waals surface area (Å²) in [5, 5.41) is 13.2. The van der Waals surface area contributed by atoms with Crippen LogP contribution >= 0.6 is 22.9 Å². The van der Waals surface area contributed by atoms with Gasteiger partial charge in [-0.25, -0.2) is 15.3 Å². The molecular weight excluding hydrogens is 390 g/mol. The lowest BCUT2D eigenvalue weighted by Crippen LogP contribution is -2.33. The van der Waals surface area contributed by atoms with Gasteiger partial charge in [-0.2, -0.15) is 0 Å². The van der Waals surface area contributed by atoms with E-state index >= 15 is 0 Å². The second-order valence-electron chi connectivity index (χ2n) is 8.37. The van der Waals surface area contributed by atoms with Crippen LogP contribution in [0.4, 0.5) is 9.93 Å². The average Bonchev–Trinajstić information content (AvgIpc) is 3.10. The fraction of sp³-hybridized carbons (Fsp3) is 0.722. The highest BCUT2D eigenvalue weighted by molar-refractivity contribution is 7.13. The van der Waals surface area contributed by atoms with Crippen LogP contribution in [-0.2, 0) is 16.0 Å². The van der Waals surface area contributed by atoms with Crippen LogP contribution < -0.4 is 10.8 Å². The summed E-state index contributed by atoms with van der Waals surface area (Å²) in [6.45, 7) is 0.394. The molecule has 0 saturated heterocycles. The van der Waals surface area contributed by atoms with E-state index in [1.165, 1.54) is 30.6 Å². The topological polar surface area (TPSA) is 101 Å². The van der Waals surface area contributed by atoms with Crippen LogP contribution in [0.25, 0.3) is 0 Å². The summed E-state index contributed by atoms with van der Waals surface area (Å²) in [4.78, 5) is 27.4. The van der Waals surface area contributed by atoms with Gasteiger partial charge in [-0.1, -0.05) is 12.8 Å². The highest BCUT2D eigenvalue weighted by Crippen LogP contribution is 2.64. The van der Waals surface area contributed by atoms with Crippen molar-refractivity contribution in [2.75, 3.05) is 11.9 Å². The number of nitrogens with one attached hydrogen (secondary N) is 2. The third kappa shape index (κ3) is 3.93.